The van der Waals surface area contributed by atoms with Crippen LogP contribution in [0.15, 0.2) is 0 Å². The van der Waals surface area contributed by atoms with Crippen LogP contribution in [-0.2, 0) is 4.79 Å². The minimum absolute atomic E-state index is 0.191. The van der Waals surface area contributed by atoms with Crippen LogP contribution in [0.4, 0.5) is 0 Å². The van der Waals surface area contributed by atoms with Crippen LogP contribution >= 0.6 is 12.6 Å². The zero-order chi connectivity index (χ0) is 11.7. The molecule has 1 unspecified atom stereocenters. The lowest BCUT2D eigenvalue weighted by Crippen LogP contribution is -2.39. The second-order valence-electron chi connectivity index (χ2n) is 2.62. The predicted molar refractivity (Wildman–Crippen MR) is 54.2 cm³/mol. The van der Waals surface area contributed by atoms with Gasteiger partial charge in [0.05, 0.1) is 18.8 Å². The summed E-state index contributed by atoms with van der Waals surface area (Å²) in [6, 6.07) is -1.16. The molecule has 0 aromatic heterocycles. The van der Waals surface area contributed by atoms with Crippen molar-refractivity contribution in [2.75, 3.05) is 12.4 Å². The molecule has 0 saturated carbocycles. The van der Waals surface area contributed by atoms with Gasteiger partial charge in [0.25, 0.3) is 0 Å². The number of carbonyl (C=O) groups is 1. The molecule has 3 atom stereocenters. The lowest BCUT2D eigenvalue weighted by molar-refractivity contribution is -0.140. The Kier molecular flexibility index (Phi) is 10.6. The smallest absolute Gasteiger partial charge is 0.323 e. The van der Waals surface area contributed by atoms with Crippen LogP contribution in [0.1, 0.15) is 6.92 Å². The first-order valence-electron chi connectivity index (χ1n) is 3.93. The molecule has 0 aliphatic heterocycles. The fraction of sp³-hybridized carbons (Fsp3) is 0.857. The monoisotopic (exact) mass is 227 g/mol. The van der Waals surface area contributed by atoms with Gasteiger partial charge in [-0.1, -0.05) is 0 Å². The molecule has 0 spiro atoms. The Labute approximate surface area is 87.8 Å². The zero-order valence-corrected chi connectivity index (χ0v) is 8.76. The molecule has 0 radical (unpaired) electrons. The fourth-order valence-corrected chi connectivity index (χ4v) is 0.380. The number of carboxylic acids is 1. The standard InChI is InChI=1S/C4H9NO3.C3H8O2S/c1-2(6)3(5)4(7)8;4-1-3(5)2-6/h2-3,6H,5H2,1H3,(H,7,8);3-6H,1-2H2/t2-,3+;/m1./s1. The Bertz CT molecular complexity index is 151. The Balaban J connectivity index is 0. The van der Waals surface area contributed by atoms with Gasteiger partial charge in [0.1, 0.15) is 6.04 Å². The number of nitrogens with two attached hydrogens (primary N) is 1. The normalized spacial score (nSPS) is 16.1. The van der Waals surface area contributed by atoms with E-state index in [0.717, 1.165) is 0 Å². The number of aliphatic hydroxyl groups is 3. The highest BCUT2D eigenvalue weighted by molar-refractivity contribution is 7.80. The van der Waals surface area contributed by atoms with Gasteiger partial charge in [0, 0.05) is 5.75 Å². The van der Waals surface area contributed by atoms with Gasteiger partial charge in [-0.05, 0) is 6.92 Å². The average Bonchev–Trinajstić information content (AvgIpc) is 2.15. The van der Waals surface area contributed by atoms with Gasteiger partial charge in [-0.2, -0.15) is 12.6 Å². The maximum absolute atomic E-state index is 9.86. The number of aliphatic carboxylic acids is 1. The molecular weight excluding hydrogens is 210 g/mol. The Morgan fingerprint density at radius 3 is 1.93 bits per heavy atom. The zero-order valence-electron chi connectivity index (χ0n) is 7.87. The van der Waals surface area contributed by atoms with Gasteiger partial charge < -0.3 is 26.2 Å². The van der Waals surface area contributed by atoms with Crippen LogP contribution in [0, 0.1) is 0 Å². The van der Waals surface area contributed by atoms with Crippen LogP contribution in [0.3, 0.4) is 0 Å². The van der Waals surface area contributed by atoms with Crippen molar-refractivity contribution in [3.63, 3.8) is 0 Å². The molecule has 6 nitrogen and oxygen atoms in total. The predicted octanol–water partition coefficient (Wildman–Crippen LogP) is -1.95. The molecule has 0 aromatic rings. The third-order valence-electron chi connectivity index (χ3n) is 1.23. The van der Waals surface area contributed by atoms with E-state index in [2.05, 4.69) is 12.6 Å². The summed E-state index contributed by atoms with van der Waals surface area (Å²) >= 11 is 3.69. The van der Waals surface area contributed by atoms with E-state index in [-0.39, 0.29) is 6.61 Å². The Morgan fingerprint density at radius 2 is 1.93 bits per heavy atom. The molecule has 0 rings (SSSR count). The molecular formula is C7H17NO5S. The molecule has 0 amide bonds. The van der Waals surface area contributed by atoms with Crippen molar-refractivity contribution in [3.8, 4) is 0 Å². The van der Waals surface area contributed by atoms with Crippen molar-refractivity contribution in [3.05, 3.63) is 0 Å². The third-order valence-corrected chi connectivity index (χ3v) is 1.65. The van der Waals surface area contributed by atoms with E-state index in [4.69, 9.17) is 26.2 Å². The average molecular weight is 227 g/mol. The molecule has 0 aliphatic carbocycles. The molecule has 0 heterocycles. The van der Waals surface area contributed by atoms with Gasteiger partial charge in [-0.3, -0.25) is 4.79 Å². The number of hydrogen-bond donors (Lipinski definition) is 6. The first-order chi connectivity index (χ1) is 6.36. The minimum Gasteiger partial charge on any atom is -0.480 e. The van der Waals surface area contributed by atoms with Crippen LogP contribution in [0.25, 0.3) is 0 Å². The highest BCUT2D eigenvalue weighted by Crippen LogP contribution is 1.85. The number of thiol groups is 1. The molecule has 0 fully saturated rings. The van der Waals surface area contributed by atoms with Crippen molar-refractivity contribution in [1.82, 2.24) is 0 Å². The third kappa shape index (κ3) is 9.75. The van der Waals surface area contributed by atoms with E-state index in [1.807, 2.05) is 0 Å². The van der Waals surface area contributed by atoms with E-state index < -0.39 is 24.2 Å². The summed E-state index contributed by atoms with van der Waals surface area (Å²) in [4.78, 5) is 9.86. The molecule has 6 N–H and O–H groups in total. The summed E-state index contributed by atoms with van der Waals surface area (Å²) in [6.07, 6.45) is -1.62. The lowest BCUT2D eigenvalue weighted by atomic mass is 10.2. The van der Waals surface area contributed by atoms with Crippen molar-refractivity contribution >= 4 is 18.6 Å². The summed E-state index contributed by atoms with van der Waals surface area (Å²) < 4.78 is 0. The highest BCUT2D eigenvalue weighted by Gasteiger charge is 2.16. The number of rotatable bonds is 4. The molecule has 14 heavy (non-hydrogen) atoms. The fourth-order valence-electron chi connectivity index (χ4n) is 0.264. The quantitative estimate of drug-likeness (QED) is 0.310. The second kappa shape index (κ2) is 9.22. The van der Waals surface area contributed by atoms with Crippen molar-refractivity contribution < 1.29 is 25.2 Å². The number of hydrogen-bond acceptors (Lipinski definition) is 6. The molecule has 0 saturated heterocycles. The van der Waals surface area contributed by atoms with E-state index in [1.165, 1.54) is 6.92 Å². The van der Waals surface area contributed by atoms with Gasteiger partial charge in [-0.25, -0.2) is 0 Å². The SMILES string of the molecule is C[C@@H](O)[C@H](N)C(=O)O.OCC(O)CS. The van der Waals surface area contributed by atoms with Crippen LogP contribution in [-0.4, -0.2) is 57.0 Å². The minimum atomic E-state index is -1.18. The van der Waals surface area contributed by atoms with Gasteiger partial charge in [0.2, 0.25) is 0 Å². The number of aliphatic hydroxyl groups excluding tert-OH is 3. The van der Waals surface area contributed by atoms with Gasteiger partial charge >= 0.3 is 5.97 Å². The largest absolute Gasteiger partial charge is 0.480 e. The summed E-state index contributed by atoms with van der Waals surface area (Å²) in [7, 11) is 0. The summed E-state index contributed by atoms with van der Waals surface area (Å²) in [5.41, 5.74) is 4.91. The van der Waals surface area contributed by atoms with Crippen LogP contribution in [0.2, 0.25) is 0 Å². The van der Waals surface area contributed by atoms with Crippen LogP contribution < -0.4 is 5.73 Å². The topological polar surface area (TPSA) is 124 Å². The van der Waals surface area contributed by atoms with Crippen molar-refractivity contribution in [2.45, 2.75) is 25.2 Å². The molecule has 0 bridgehead atoms. The van der Waals surface area contributed by atoms with E-state index in [0.29, 0.717) is 5.75 Å². The molecule has 0 aliphatic rings. The van der Waals surface area contributed by atoms with E-state index >= 15 is 0 Å². The summed E-state index contributed by atoms with van der Waals surface area (Å²) in [5.74, 6) is -0.851. The van der Waals surface area contributed by atoms with E-state index in [9.17, 15) is 4.79 Å². The molecule has 86 valence electrons. The Hall–Kier alpha value is -0.340. The molecule has 7 heteroatoms. The van der Waals surface area contributed by atoms with Gasteiger partial charge in [0.15, 0.2) is 0 Å². The first-order valence-corrected chi connectivity index (χ1v) is 4.56. The van der Waals surface area contributed by atoms with E-state index in [1.54, 1.807) is 0 Å². The summed E-state index contributed by atoms with van der Waals surface area (Å²) in [5, 5.41) is 32.9. The number of carboxylic acid groups (broad SMARTS) is 1. The molecule has 0 aromatic carbocycles. The highest BCUT2D eigenvalue weighted by atomic mass is 32.1. The Morgan fingerprint density at radius 1 is 1.50 bits per heavy atom. The maximum Gasteiger partial charge on any atom is 0.323 e. The van der Waals surface area contributed by atoms with Gasteiger partial charge in [-0.15, -0.1) is 0 Å². The first kappa shape index (κ1) is 16.1. The van der Waals surface area contributed by atoms with Crippen LogP contribution in [0.5, 0.6) is 0 Å². The lowest BCUT2D eigenvalue weighted by Gasteiger charge is -2.06. The summed E-state index contributed by atoms with van der Waals surface area (Å²) in [6.45, 7) is 1.14. The van der Waals surface area contributed by atoms with Crippen molar-refractivity contribution in [1.29, 1.82) is 0 Å². The maximum atomic E-state index is 9.86. The second-order valence-corrected chi connectivity index (χ2v) is 2.99. The van der Waals surface area contributed by atoms with Crippen molar-refractivity contribution in [2.24, 2.45) is 5.73 Å².